The number of hydrogen-bond acceptors (Lipinski definition) is 1. The van der Waals surface area contributed by atoms with E-state index in [1.807, 2.05) is 42.5 Å². The Morgan fingerprint density at radius 2 is 1.02 bits per heavy atom. The van der Waals surface area contributed by atoms with Gasteiger partial charge in [0.1, 0.15) is 0 Å². The molecule has 0 aromatic heterocycles. The highest BCUT2D eigenvalue weighted by molar-refractivity contribution is 6.20. The molecule has 0 aliphatic heterocycles. The first-order valence-electron chi connectivity index (χ1n) is 20.9. The maximum Gasteiger partial charge on any atom is 0.153 e. The Kier molecular flexibility index (Phi) is 8.90. The highest BCUT2D eigenvalue weighted by Crippen LogP contribution is 2.58. The first-order valence-corrected chi connectivity index (χ1v) is 20.9. The third kappa shape index (κ3) is 6.03. The molecular formula is C59H40N2. The number of amidine groups is 1. The highest BCUT2D eigenvalue weighted by Gasteiger charge is 2.46. The van der Waals surface area contributed by atoms with Crippen LogP contribution >= 0.6 is 0 Å². The number of nitrogens with zero attached hydrogens (tertiary/aromatic N) is 1. The lowest BCUT2D eigenvalue weighted by molar-refractivity contribution is 0.769. The summed E-state index contributed by atoms with van der Waals surface area (Å²) in [5, 5.41) is 16.1. The molecule has 0 unspecified atom stereocenters. The van der Waals surface area contributed by atoms with Crippen molar-refractivity contribution in [3.8, 4) is 22.3 Å². The summed E-state index contributed by atoms with van der Waals surface area (Å²) in [6.45, 7) is 0. The van der Waals surface area contributed by atoms with Gasteiger partial charge in [0.2, 0.25) is 0 Å². The molecule has 0 bridgehead atoms. The average Bonchev–Trinajstić information content (AvgIpc) is 3.64. The second-order valence-corrected chi connectivity index (χ2v) is 15.8. The largest absolute Gasteiger partial charge is 0.282 e. The van der Waals surface area contributed by atoms with Gasteiger partial charge in [-0.25, -0.2) is 4.99 Å². The zero-order valence-electron chi connectivity index (χ0n) is 33.5. The Hall–Kier alpha value is -7.94. The van der Waals surface area contributed by atoms with Crippen LogP contribution in [0.3, 0.4) is 0 Å². The predicted octanol–water partition coefficient (Wildman–Crippen LogP) is 14.7. The van der Waals surface area contributed by atoms with E-state index in [0.29, 0.717) is 0 Å². The van der Waals surface area contributed by atoms with Gasteiger partial charge < -0.3 is 0 Å². The molecule has 286 valence electrons. The topological polar surface area (TPSA) is 36.2 Å². The zero-order chi connectivity index (χ0) is 40.8. The van der Waals surface area contributed by atoms with Crippen molar-refractivity contribution in [1.29, 1.82) is 5.41 Å². The van der Waals surface area contributed by atoms with Crippen LogP contribution in [0.15, 0.2) is 236 Å². The first-order chi connectivity index (χ1) is 30.2. The van der Waals surface area contributed by atoms with E-state index in [1.165, 1.54) is 60.7 Å². The van der Waals surface area contributed by atoms with Crippen molar-refractivity contribution >= 4 is 49.9 Å². The summed E-state index contributed by atoms with van der Waals surface area (Å²) in [5.74, 6) is 0.231. The van der Waals surface area contributed by atoms with Gasteiger partial charge in [-0.15, -0.1) is 0 Å². The van der Waals surface area contributed by atoms with Crippen molar-refractivity contribution in [3.63, 3.8) is 0 Å². The molecule has 0 radical (unpaired) electrons. The lowest BCUT2D eigenvalue weighted by atomic mass is 9.67. The standard InChI is InChI=1S/C59H40N2/c60-58(52-30-16-21-40-17-10-12-27-48(40)52)61-56(43-19-4-1-5-20-43)38-34-42-31-35-49(51-29-15-14-26-47(42)51)44-33-36-54-53(39-44)57-50-28-13-11-18-41(50)32-37-55(57)59(54,45-22-6-2-7-23-45)46-24-8-3-9-25-46/h1-39,60H/b38-34+,60-58?,61-56?. The van der Waals surface area contributed by atoms with Crippen LogP contribution in [0.5, 0.6) is 0 Å². The Morgan fingerprint density at radius 1 is 0.443 bits per heavy atom. The minimum atomic E-state index is -0.478. The molecule has 1 aliphatic rings. The monoisotopic (exact) mass is 776 g/mol. The normalized spacial score (nSPS) is 13.1. The van der Waals surface area contributed by atoms with E-state index in [9.17, 15) is 5.41 Å². The summed E-state index contributed by atoms with van der Waals surface area (Å²) in [6, 6.07) is 80.2. The van der Waals surface area contributed by atoms with Crippen LogP contribution in [0.4, 0.5) is 0 Å². The van der Waals surface area contributed by atoms with Crippen molar-refractivity contribution in [1.82, 2.24) is 0 Å². The minimum absolute atomic E-state index is 0.231. The van der Waals surface area contributed by atoms with Crippen LogP contribution < -0.4 is 0 Å². The fourth-order valence-electron chi connectivity index (χ4n) is 9.74. The molecule has 2 heteroatoms. The smallest absolute Gasteiger partial charge is 0.153 e. The average molecular weight is 777 g/mol. The third-order valence-electron chi connectivity index (χ3n) is 12.5. The number of hydrogen-bond donors (Lipinski definition) is 1. The Labute approximate surface area is 356 Å². The molecule has 1 N–H and O–H groups in total. The van der Waals surface area contributed by atoms with E-state index >= 15 is 0 Å². The Morgan fingerprint density at radius 3 is 1.74 bits per heavy atom. The van der Waals surface area contributed by atoms with Crippen molar-refractivity contribution in [2.75, 3.05) is 0 Å². The van der Waals surface area contributed by atoms with Gasteiger partial charge in [0.05, 0.1) is 11.1 Å². The lowest BCUT2D eigenvalue weighted by Gasteiger charge is -2.34. The summed E-state index contributed by atoms with van der Waals surface area (Å²) < 4.78 is 0. The number of nitrogens with one attached hydrogen (secondary N) is 1. The molecule has 10 aromatic rings. The van der Waals surface area contributed by atoms with Gasteiger partial charge in [-0.05, 0) is 94.5 Å². The fourth-order valence-corrected chi connectivity index (χ4v) is 9.74. The van der Waals surface area contributed by atoms with E-state index < -0.39 is 5.41 Å². The number of aliphatic imine (C=N–C) groups is 1. The van der Waals surface area contributed by atoms with Gasteiger partial charge in [0.25, 0.3) is 0 Å². The van der Waals surface area contributed by atoms with Gasteiger partial charge in [0.15, 0.2) is 5.84 Å². The second kappa shape index (κ2) is 15.0. The lowest BCUT2D eigenvalue weighted by Crippen LogP contribution is -2.28. The van der Waals surface area contributed by atoms with Crippen LogP contribution in [0.1, 0.15) is 38.9 Å². The molecule has 10 aromatic carbocycles. The van der Waals surface area contributed by atoms with Crippen LogP contribution in [0, 0.1) is 5.41 Å². The van der Waals surface area contributed by atoms with Crippen LogP contribution in [-0.2, 0) is 5.41 Å². The van der Waals surface area contributed by atoms with Crippen molar-refractivity contribution < 1.29 is 0 Å². The SMILES string of the molecule is N=C(N=C(/C=C/c1ccc(-c2ccc3c(c2)-c2c(ccc4ccccc24)C3(c2ccccc2)c2ccccc2)c2ccccc12)c1ccccc1)c1cccc2ccccc12. The van der Waals surface area contributed by atoms with Gasteiger partial charge in [-0.1, -0.05) is 224 Å². The summed E-state index contributed by atoms with van der Waals surface area (Å²) >= 11 is 0. The predicted molar refractivity (Wildman–Crippen MR) is 257 cm³/mol. The first kappa shape index (κ1) is 36.2. The number of rotatable bonds is 7. The maximum atomic E-state index is 9.17. The summed E-state index contributed by atoms with van der Waals surface area (Å²) in [5.41, 5.74) is 13.2. The zero-order valence-corrected chi connectivity index (χ0v) is 33.5. The molecule has 0 atom stereocenters. The molecule has 0 spiro atoms. The maximum absolute atomic E-state index is 9.17. The molecule has 61 heavy (non-hydrogen) atoms. The van der Waals surface area contributed by atoms with E-state index in [4.69, 9.17) is 4.99 Å². The fraction of sp³-hybridized carbons (Fsp3) is 0.0169. The van der Waals surface area contributed by atoms with Crippen LogP contribution in [-0.4, -0.2) is 11.5 Å². The van der Waals surface area contributed by atoms with Gasteiger partial charge >= 0.3 is 0 Å². The highest BCUT2D eigenvalue weighted by atomic mass is 14.8. The van der Waals surface area contributed by atoms with E-state index in [-0.39, 0.29) is 5.84 Å². The number of fused-ring (bicyclic) bond motifs is 7. The molecule has 0 fully saturated rings. The van der Waals surface area contributed by atoms with E-state index in [2.05, 4.69) is 194 Å². The number of benzene rings is 10. The van der Waals surface area contributed by atoms with Gasteiger partial charge in [-0.2, -0.15) is 0 Å². The molecule has 2 nitrogen and oxygen atoms in total. The molecule has 0 saturated carbocycles. The molecule has 0 saturated heterocycles. The minimum Gasteiger partial charge on any atom is -0.282 e. The molecule has 0 amide bonds. The number of allylic oxidation sites excluding steroid dienone is 1. The van der Waals surface area contributed by atoms with E-state index in [0.717, 1.165) is 38.6 Å². The Balaban J connectivity index is 1.06. The molecule has 1 aliphatic carbocycles. The molecule has 0 heterocycles. The summed E-state index contributed by atoms with van der Waals surface area (Å²) in [7, 11) is 0. The van der Waals surface area contributed by atoms with Crippen LogP contribution in [0.25, 0.3) is 60.6 Å². The quantitative estimate of drug-likeness (QED) is 0.124. The molecule has 11 rings (SSSR count). The van der Waals surface area contributed by atoms with Gasteiger partial charge in [0, 0.05) is 11.1 Å². The Bertz CT molecular complexity index is 3320. The summed E-state index contributed by atoms with van der Waals surface area (Å²) in [4.78, 5) is 4.97. The van der Waals surface area contributed by atoms with E-state index in [1.54, 1.807) is 0 Å². The third-order valence-corrected chi connectivity index (χ3v) is 12.5. The van der Waals surface area contributed by atoms with Crippen molar-refractivity contribution in [3.05, 3.63) is 269 Å². The van der Waals surface area contributed by atoms with Gasteiger partial charge in [-0.3, -0.25) is 5.41 Å². The molecular weight excluding hydrogens is 737 g/mol. The second-order valence-electron chi connectivity index (χ2n) is 15.8. The van der Waals surface area contributed by atoms with Crippen molar-refractivity contribution in [2.24, 2.45) is 4.99 Å². The summed E-state index contributed by atoms with van der Waals surface area (Å²) in [6.07, 6.45) is 4.20. The van der Waals surface area contributed by atoms with Crippen molar-refractivity contribution in [2.45, 2.75) is 5.41 Å². The van der Waals surface area contributed by atoms with Crippen LogP contribution in [0.2, 0.25) is 0 Å².